The van der Waals surface area contributed by atoms with Crippen LogP contribution < -0.4 is 5.69 Å². The molecule has 0 bridgehead atoms. The van der Waals surface area contributed by atoms with E-state index in [2.05, 4.69) is 11.5 Å². The zero-order chi connectivity index (χ0) is 26.8. The Kier molecular flexibility index (Phi) is 11.5. The van der Waals surface area contributed by atoms with Gasteiger partial charge in [0, 0.05) is 38.3 Å². The van der Waals surface area contributed by atoms with Crippen molar-refractivity contribution in [2.75, 3.05) is 38.6 Å². The Bertz CT molecular complexity index is 1230. The molecule has 2 aromatic rings. The van der Waals surface area contributed by atoms with E-state index in [1.54, 1.807) is 24.7 Å². The van der Waals surface area contributed by atoms with Gasteiger partial charge in [-0.2, -0.15) is 0 Å². The van der Waals surface area contributed by atoms with Crippen LogP contribution in [0.3, 0.4) is 0 Å². The number of morpholine rings is 1. The lowest BCUT2D eigenvalue weighted by Gasteiger charge is -2.26. The van der Waals surface area contributed by atoms with Crippen LogP contribution in [0, 0.1) is 4.64 Å². The van der Waals surface area contributed by atoms with Gasteiger partial charge in [-0.3, -0.25) is 18.8 Å². The summed E-state index contributed by atoms with van der Waals surface area (Å²) in [7, 11) is 3.44. The number of carbonyl (C=O) groups is 1. The summed E-state index contributed by atoms with van der Waals surface area (Å²) in [6, 6.07) is 7.39. The Morgan fingerprint density at radius 1 is 1.11 bits per heavy atom. The third kappa shape index (κ3) is 8.33. The van der Waals surface area contributed by atoms with Gasteiger partial charge in [0.15, 0.2) is 5.78 Å². The highest BCUT2D eigenvalue weighted by atomic mass is 32.2. The number of carbonyl (C=O) groups excluding carboxylic acids is 1. The van der Waals surface area contributed by atoms with Gasteiger partial charge in [0.25, 0.3) is 0 Å². The zero-order valence-corrected chi connectivity index (χ0v) is 23.8. The van der Waals surface area contributed by atoms with Crippen LogP contribution in [-0.2, 0) is 25.3 Å². The number of rotatable bonds is 12. The Morgan fingerprint density at radius 3 is 2.46 bits per heavy atom. The standard InChI is InChI=1S/C28H38N4O3S2/c1-5-22-11-13-23(14-12-22)25(33)20-37-21(2)29-26-24(27(36)31(4)28(34)30(26)3)10-8-6-7-9-15-32-16-18-35-19-17-32/h5,11-14H,1,6-10,15-20H2,2-4H3/b29-21+. The highest BCUT2D eigenvalue weighted by Crippen LogP contribution is 2.23. The van der Waals surface area contributed by atoms with Crippen molar-refractivity contribution in [3.8, 4) is 0 Å². The van der Waals surface area contributed by atoms with Crippen molar-refractivity contribution in [3.63, 3.8) is 0 Å². The van der Waals surface area contributed by atoms with Crippen LogP contribution in [0.25, 0.3) is 6.08 Å². The second-order valence-corrected chi connectivity index (χ2v) is 10.8. The van der Waals surface area contributed by atoms with E-state index >= 15 is 0 Å². The Labute approximate surface area is 229 Å². The highest BCUT2D eigenvalue weighted by Gasteiger charge is 2.15. The van der Waals surface area contributed by atoms with Gasteiger partial charge in [-0.05, 0) is 38.3 Å². The molecule has 2 heterocycles. The fraction of sp³-hybridized carbons (Fsp3) is 0.500. The molecule has 1 fully saturated rings. The molecule has 7 nitrogen and oxygen atoms in total. The summed E-state index contributed by atoms with van der Waals surface area (Å²) in [6.45, 7) is 10.5. The van der Waals surface area contributed by atoms with Crippen molar-refractivity contribution in [3.05, 3.63) is 62.7 Å². The lowest BCUT2D eigenvalue weighted by Crippen LogP contribution is -2.36. The molecule has 37 heavy (non-hydrogen) atoms. The predicted molar refractivity (Wildman–Crippen MR) is 157 cm³/mol. The first-order chi connectivity index (χ1) is 17.8. The molecule has 1 aromatic heterocycles. The van der Waals surface area contributed by atoms with Crippen molar-refractivity contribution in [2.45, 2.75) is 39.0 Å². The minimum atomic E-state index is -0.200. The molecule has 3 rings (SSSR count). The van der Waals surface area contributed by atoms with Gasteiger partial charge in [0.1, 0.15) is 10.5 Å². The van der Waals surface area contributed by atoms with Crippen LogP contribution in [0.1, 0.15) is 54.1 Å². The lowest BCUT2D eigenvalue weighted by atomic mass is 10.1. The molecule has 9 heteroatoms. The molecule has 0 amide bonds. The molecule has 200 valence electrons. The summed E-state index contributed by atoms with van der Waals surface area (Å²) < 4.78 is 9.02. The average Bonchev–Trinajstić information content (AvgIpc) is 2.93. The summed E-state index contributed by atoms with van der Waals surface area (Å²) >= 11 is 7.03. The van der Waals surface area contributed by atoms with E-state index < -0.39 is 0 Å². The first-order valence-corrected chi connectivity index (χ1v) is 14.2. The number of hydrogen-bond donors (Lipinski definition) is 0. The Balaban J connectivity index is 1.62. The molecule has 1 aromatic carbocycles. The van der Waals surface area contributed by atoms with Crippen LogP contribution in [0.5, 0.6) is 0 Å². The Morgan fingerprint density at radius 2 is 1.78 bits per heavy atom. The smallest absolute Gasteiger partial charge is 0.330 e. The molecule has 1 aliphatic heterocycles. The second kappa shape index (κ2) is 14.6. The second-order valence-electron chi connectivity index (χ2n) is 9.29. The number of ketones is 1. The van der Waals surface area contributed by atoms with Crippen molar-refractivity contribution in [1.29, 1.82) is 0 Å². The van der Waals surface area contributed by atoms with Gasteiger partial charge in [-0.25, -0.2) is 9.79 Å². The van der Waals surface area contributed by atoms with Crippen molar-refractivity contribution < 1.29 is 9.53 Å². The van der Waals surface area contributed by atoms with Crippen LogP contribution in [-0.4, -0.2) is 63.5 Å². The van der Waals surface area contributed by atoms with Gasteiger partial charge >= 0.3 is 5.69 Å². The van der Waals surface area contributed by atoms with E-state index in [0.717, 1.165) is 74.7 Å². The molecule has 0 unspecified atom stereocenters. The highest BCUT2D eigenvalue weighted by molar-refractivity contribution is 8.14. The normalized spacial score (nSPS) is 14.6. The third-order valence-corrected chi connectivity index (χ3v) is 8.06. The fourth-order valence-corrected chi connectivity index (χ4v) is 5.25. The summed E-state index contributed by atoms with van der Waals surface area (Å²) in [5.41, 5.74) is 2.35. The van der Waals surface area contributed by atoms with E-state index in [0.29, 0.717) is 16.0 Å². The zero-order valence-electron chi connectivity index (χ0n) is 22.2. The number of thioether (sulfide) groups is 1. The van der Waals surface area contributed by atoms with Crippen LogP contribution >= 0.6 is 24.0 Å². The summed E-state index contributed by atoms with van der Waals surface area (Å²) in [6.07, 6.45) is 6.93. The fourth-order valence-electron chi connectivity index (χ4n) is 4.32. The van der Waals surface area contributed by atoms with Crippen molar-refractivity contribution in [1.82, 2.24) is 14.0 Å². The molecule has 0 saturated carbocycles. The molecular weight excluding hydrogens is 504 g/mol. The summed E-state index contributed by atoms with van der Waals surface area (Å²) in [5.74, 6) is 0.898. The van der Waals surface area contributed by atoms with E-state index in [1.165, 1.54) is 22.7 Å². The quantitative estimate of drug-likeness (QED) is 0.121. The van der Waals surface area contributed by atoms with E-state index in [9.17, 15) is 9.59 Å². The molecule has 0 aliphatic carbocycles. The summed E-state index contributed by atoms with van der Waals surface area (Å²) in [5, 5.41) is 0.723. The number of Topliss-reactive ketones (excluding diaryl/α,β-unsaturated/α-hetero) is 1. The predicted octanol–water partition coefficient (Wildman–Crippen LogP) is 5.20. The molecule has 0 N–H and O–H groups in total. The molecular formula is C28H38N4O3S2. The maximum atomic E-state index is 12.7. The first-order valence-electron chi connectivity index (χ1n) is 12.8. The first kappa shape index (κ1) is 29.2. The van der Waals surface area contributed by atoms with Gasteiger partial charge in [0.05, 0.1) is 24.0 Å². The van der Waals surface area contributed by atoms with Crippen molar-refractivity contribution >= 4 is 46.7 Å². The number of hydrogen-bond acceptors (Lipinski definition) is 7. The van der Waals surface area contributed by atoms with E-state index in [1.807, 2.05) is 31.2 Å². The summed E-state index contributed by atoms with van der Waals surface area (Å²) in [4.78, 5) is 32.6. The molecule has 0 spiro atoms. The van der Waals surface area contributed by atoms with Crippen LogP contribution in [0.4, 0.5) is 5.82 Å². The van der Waals surface area contributed by atoms with Crippen LogP contribution in [0.2, 0.25) is 0 Å². The van der Waals surface area contributed by atoms with Gasteiger partial charge < -0.3 is 4.74 Å². The number of aromatic nitrogens is 2. The maximum Gasteiger partial charge on any atom is 0.330 e. The number of aliphatic imine (C=N–C) groups is 1. The van der Waals surface area contributed by atoms with Crippen LogP contribution in [0.15, 0.2) is 40.6 Å². The molecule has 1 aliphatic rings. The van der Waals surface area contributed by atoms with E-state index in [4.69, 9.17) is 21.9 Å². The maximum absolute atomic E-state index is 12.7. The minimum Gasteiger partial charge on any atom is -0.379 e. The van der Waals surface area contributed by atoms with Gasteiger partial charge in [0.2, 0.25) is 0 Å². The number of ether oxygens (including phenoxy) is 1. The average molecular weight is 543 g/mol. The lowest BCUT2D eigenvalue weighted by molar-refractivity contribution is 0.0371. The topological polar surface area (TPSA) is 68.8 Å². The van der Waals surface area contributed by atoms with Crippen molar-refractivity contribution in [2.24, 2.45) is 19.1 Å². The van der Waals surface area contributed by atoms with E-state index in [-0.39, 0.29) is 17.2 Å². The number of unbranched alkanes of at least 4 members (excludes halogenated alkanes) is 3. The molecule has 0 radical (unpaired) electrons. The minimum absolute atomic E-state index is 0.0322. The number of benzene rings is 1. The number of nitrogens with zero attached hydrogens (tertiary/aromatic N) is 4. The third-order valence-electron chi connectivity index (χ3n) is 6.62. The molecule has 1 saturated heterocycles. The van der Waals surface area contributed by atoms with Gasteiger partial charge in [-0.1, -0.05) is 62.0 Å². The largest absolute Gasteiger partial charge is 0.379 e. The monoisotopic (exact) mass is 542 g/mol. The Hall–Kier alpha value is -2.33. The van der Waals surface area contributed by atoms with Gasteiger partial charge in [-0.15, -0.1) is 11.8 Å². The molecule has 0 atom stereocenters. The SMILES string of the molecule is C=Cc1ccc(C(=O)CS/C(C)=N/c2c(CCCCCCN3CCOCC3)c(=S)n(C)c(=O)n2C)cc1.